The third kappa shape index (κ3) is 4.01. The van der Waals surface area contributed by atoms with E-state index in [-0.39, 0.29) is 11.4 Å². The summed E-state index contributed by atoms with van der Waals surface area (Å²) >= 11 is 0. The molecule has 0 spiro atoms. The minimum atomic E-state index is -3.66. The van der Waals surface area contributed by atoms with E-state index < -0.39 is 10.0 Å². The van der Waals surface area contributed by atoms with Crippen molar-refractivity contribution >= 4 is 15.7 Å². The zero-order valence-electron chi connectivity index (χ0n) is 11.6. The van der Waals surface area contributed by atoms with Crippen molar-refractivity contribution in [3.63, 3.8) is 0 Å². The molecule has 0 saturated carbocycles. The van der Waals surface area contributed by atoms with Gasteiger partial charge in [0.15, 0.2) is 0 Å². The number of methoxy groups -OCH3 is 1. The highest BCUT2D eigenvalue weighted by Gasteiger charge is 2.14. The van der Waals surface area contributed by atoms with Gasteiger partial charge in [0.05, 0.1) is 12.3 Å². The third-order valence-electron chi connectivity index (χ3n) is 2.81. The normalized spacial score (nSPS) is 11.3. The largest absolute Gasteiger partial charge is 0.380 e. The van der Waals surface area contributed by atoms with Crippen LogP contribution in [0.1, 0.15) is 11.3 Å². The first kappa shape index (κ1) is 15.4. The molecule has 0 amide bonds. The molecule has 1 aromatic carbocycles. The number of aromatic nitrogens is 1. The average Bonchev–Trinajstić information content (AvgIpc) is 2.47. The number of benzene rings is 1. The maximum Gasteiger partial charge on any atom is 0.263 e. The smallest absolute Gasteiger partial charge is 0.263 e. The SMILES string of the molecule is COCc1cccc(NS(=O)(=O)c2ccc(CN)nc2)c1. The molecule has 0 atom stereocenters. The minimum absolute atomic E-state index is 0.0943. The number of hydrogen-bond acceptors (Lipinski definition) is 5. The number of anilines is 1. The van der Waals surface area contributed by atoms with Gasteiger partial charge in [-0.25, -0.2) is 8.42 Å². The molecule has 1 aromatic heterocycles. The Morgan fingerprint density at radius 1 is 1.29 bits per heavy atom. The van der Waals surface area contributed by atoms with Gasteiger partial charge in [0.25, 0.3) is 10.0 Å². The Balaban J connectivity index is 2.21. The molecule has 0 fully saturated rings. The Morgan fingerprint density at radius 2 is 2.10 bits per heavy atom. The Labute approximate surface area is 124 Å². The van der Waals surface area contributed by atoms with E-state index in [9.17, 15) is 8.42 Å². The highest BCUT2D eigenvalue weighted by molar-refractivity contribution is 7.92. The molecule has 0 radical (unpaired) electrons. The van der Waals surface area contributed by atoms with Crippen molar-refractivity contribution in [2.75, 3.05) is 11.8 Å². The van der Waals surface area contributed by atoms with E-state index in [1.807, 2.05) is 6.07 Å². The second kappa shape index (κ2) is 6.66. The molecule has 2 rings (SSSR count). The number of nitrogens with zero attached hydrogens (tertiary/aromatic N) is 1. The predicted molar refractivity (Wildman–Crippen MR) is 80.1 cm³/mol. The van der Waals surface area contributed by atoms with Crippen LogP contribution in [0.15, 0.2) is 47.5 Å². The Hall–Kier alpha value is -1.96. The average molecular weight is 307 g/mol. The summed E-state index contributed by atoms with van der Waals surface area (Å²) in [5, 5.41) is 0. The lowest BCUT2D eigenvalue weighted by atomic mass is 10.2. The van der Waals surface area contributed by atoms with E-state index in [1.54, 1.807) is 31.4 Å². The molecule has 3 N–H and O–H groups in total. The van der Waals surface area contributed by atoms with Gasteiger partial charge in [0.1, 0.15) is 4.90 Å². The van der Waals surface area contributed by atoms with E-state index in [1.165, 1.54) is 12.3 Å². The van der Waals surface area contributed by atoms with Gasteiger partial charge < -0.3 is 10.5 Å². The summed E-state index contributed by atoms with van der Waals surface area (Å²) in [5.74, 6) is 0. The summed E-state index contributed by atoms with van der Waals surface area (Å²) in [7, 11) is -2.08. The van der Waals surface area contributed by atoms with Gasteiger partial charge in [0.2, 0.25) is 0 Å². The van der Waals surface area contributed by atoms with Crippen molar-refractivity contribution in [1.82, 2.24) is 4.98 Å². The molecule has 1 heterocycles. The van der Waals surface area contributed by atoms with Crippen LogP contribution in [-0.4, -0.2) is 20.5 Å². The maximum absolute atomic E-state index is 12.3. The first-order valence-corrected chi connectivity index (χ1v) is 7.79. The number of nitrogens with one attached hydrogen (secondary N) is 1. The Bertz CT molecular complexity index is 700. The fourth-order valence-electron chi connectivity index (χ4n) is 1.80. The number of nitrogens with two attached hydrogens (primary N) is 1. The van der Waals surface area contributed by atoms with Crippen molar-refractivity contribution < 1.29 is 13.2 Å². The second-order valence-corrected chi connectivity index (χ2v) is 6.11. The first-order valence-electron chi connectivity index (χ1n) is 6.31. The van der Waals surface area contributed by atoms with E-state index in [0.29, 0.717) is 18.0 Å². The van der Waals surface area contributed by atoms with Crippen molar-refractivity contribution in [1.29, 1.82) is 0 Å². The lowest BCUT2D eigenvalue weighted by Crippen LogP contribution is -2.14. The number of pyridine rings is 1. The van der Waals surface area contributed by atoms with E-state index in [0.717, 1.165) is 5.56 Å². The summed E-state index contributed by atoms with van der Waals surface area (Å²) in [6.45, 7) is 0.690. The van der Waals surface area contributed by atoms with Crippen LogP contribution >= 0.6 is 0 Å². The van der Waals surface area contributed by atoms with Crippen LogP contribution in [-0.2, 0) is 27.9 Å². The summed E-state index contributed by atoms with van der Waals surface area (Å²) in [5.41, 5.74) is 7.44. The molecule has 6 nitrogen and oxygen atoms in total. The van der Waals surface area contributed by atoms with Crippen LogP contribution in [0.25, 0.3) is 0 Å². The molecule has 0 saturated heterocycles. The molecule has 21 heavy (non-hydrogen) atoms. The van der Waals surface area contributed by atoms with Crippen molar-refractivity contribution in [2.45, 2.75) is 18.0 Å². The lowest BCUT2D eigenvalue weighted by molar-refractivity contribution is 0.185. The third-order valence-corrected chi connectivity index (χ3v) is 4.17. The van der Waals surface area contributed by atoms with E-state index >= 15 is 0 Å². The monoisotopic (exact) mass is 307 g/mol. The van der Waals surface area contributed by atoms with Crippen LogP contribution in [0, 0.1) is 0 Å². The summed E-state index contributed by atoms with van der Waals surface area (Å²) in [4.78, 5) is 4.08. The summed E-state index contributed by atoms with van der Waals surface area (Å²) in [6, 6.07) is 10.1. The fourth-order valence-corrected chi connectivity index (χ4v) is 2.79. The molecule has 112 valence electrons. The minimum Gasteiger partial charge on any atom is -0.380 e. The predicted octanol–water partition coefficient (Wildman–Crippen LogP) is 1.49. The fraction of sp³-hybridized carbons (Fsp3) is 0.214. The molecule has 0 aliphatic heterocycles. The van der Waals surface area contributed by atoms with Gasteiger partial charge in [-0.05, 0) is 29.8 Å². The zero-order chi connectivity index (χ0) is 15.3. The van der Waals surface area contributed by atoms with Gasteiger partial charge in [0, 0.05) is 25.5 Å². The van der Waals surface area contributed by atoms with Crippen molar-refractivity contribution in [2.24, 2.45) is 5.73 Å². The van der Waals surface area contributed by atoms with Crippen LogP contribution in [0.4, 0.5) is 5.69 Å². The maximum atomic E-state index is 12.3. The molecule has 2 aromatic rings. The number of hydrogen-bond donors (Lipinski definition) is 2. The van der Waals surface area contributed by atoms with Gasteiger partial charge in [-0.15, -0.1) is 0 Å². The number of rotatable bonds is 6. The first-order chi connectivity index (χ1) is 10.0. The Kier molecular flexibility index (Phi) is 4.89. The van der Waals surface area contributed by atoms with E-state index in [4.69, 9.17) is 10.5 Å². The highest BCUT2D eigenvalue weighted by Crippen LogP contribution is 2.17. The van der Waals surface area contributed by atoms with Crippen LogP contribution in [0.2, 0.25) is 0 Å². The number of ether oxygens (including phenoxy) is 1. The van der Waals surface area contributed by atoms with Crippen molar-refractivity contribution in [3.05, 3.63) is 53.9 Å². The van der Waals surface area contributed by atoms with Crippen LogP contribution < -0.4 is 10.5 Å². The molecule has 7 heteroatoms. The molecular formula is C14H17N3O3S. The van der Waals surface area contributed by atoms with Gasteiger partial charge >= 0.3 is 0 Å². The van der Waals surface area contributed by atoms with Crippen LogP contribution in [0.5, 0.6) is 0 Å². The topological polar surface area (TPSA) is 94.3 Å². The van der Waals surface area contributed by atoms with Crippen LogP contribution in [0.3, 0.4) is 0 Å². The van der Waals surface area contributed by atoms with E-state index in [2.05, 4.69) is 9.71 Å². The molecule has 0 aliphatic carbocycles. The lowest BCUT2D eigenvalue weighted by Gasteiger charge is -2.09. The number of sulfonamides is 1. The molecule has 0 bridgehead atoms. The van der Waals surface area contributed by atoms with Gasteiger partial charge in [-0.3, -0.25) is 9.71 Å². The van der Waals surface area contributed by atoms with Crippen molar-refractivity contribution in [3.8, 4) is 0 Å². The second-order valence-electron chi connectivity index (χ2n) is 4.43. The van der Waals surface area contributed by atoms with Gasteiger partial charge in [-0.2, -0.15) is 0 Å². The highest BCUT2D eigenvalue weighted by atomic mass is 32.2. The molecular weight excluding hydrogens is 290 g/mol. The summed E-state index contributed by atoms with van der Waals surface area (Å²) < 4.78 is 32.1. The summed E-state index contributed by atoms with van der Waals surface area (Å²) in [6.07, 6.45) is 1.30. The van der Waals surface area contributed by atoms with Gasteiger partial charge in [-0.1, -0.05) is 12.1 Å². The zero-order valence-corrected chi connectivity index (χ0v) is 12.4. The standard InChI is InChI=1S/C14H17N3O3S/c1-20-10-11-3-2-4-12(7-11)17-21(18,19)14-6-5-13(8-15)16-9-14/h2-7,9,17H,8,10,15H2,1H3. The molecule has 0 unspecified atom stereocenters. The Morgan fingerprint density at radius 3 is 2.71 bits per heavy atom. The quantitative estimate of drug-likeness (QED) is 0.843. The molecule has 0 aliphatic rings.